The summed E-state index contributed by atoms with van der Waals surface area (Å²) in [5.41, 5.74) is 0.710. The van der Waals surface area contributed by atoms with Gasteiger partial charge in [-0.15, -0.1) is 0 Å². The number of morpholine rings is 1. The maximum absolute atomic E-state index is 13.9. The van der Waals surface area contributed by atoms with Crippen LogP contribution < -0.4 is 4.74 Å². The summed E-state index contributed by atoms with van der Waals surface area (Å²) >= 11 is 12.5. The topological polar surface area (TPSA) is 48.0 Å². The van der Waals surface area contributed by atoms with Crippen molar-refractivity contribution in [3.63, 3.8) is 0 Å². The summed E-state index contributed by atoms with van der Waals surface area (Å²) in [7, 11) is 0. The van der Waals surface area contributed by atoms with Crippen LogP contribution >= 0.6 is 23.2 Å². The van der Waals surface area contributed by atoms with Crippen molar-refractivity contribution in [3.8, 4) is 5.75 Å². The fourth-order valence-corrected chi connectivity index (χ4v) is 3.86. The van der Waals surface area contributed by atoms with Gasteiger partial charge in [-0.1, -0.05) is 35.3 Å². The molecule has 0 saturated carbocycles. The molecule has 1 heterocycles. The molecule has 0 amide bonds. The second kappa shape index (κ2) is 10.8. The van der Waals surface area contributed by atoms with Crippen LogP contribution in [0.4, 0.5) is 4.39 Å². The average molecular weight is 484 g/mol. The predicted molar refractivity (Wildman–Crippen MR) is 123 cm³/mol. The molecule has 32 heavy (non-hydrogen) atoms. The number of halogens is 3. The molecule has 0 aromatic heterocycles. The number of esters is 1. The zero-order valence-corrected chi connectivity index (χ0v) is 20.0. The summed E-state index contributed by atoms with van der Waals surface area (Å²) < 4.78 is 30.9. The molecule has 0 radical (unpaired) electrons. The number of hydrogen-bond donors (Lipinski definition) is 0. The molecule has 8 heteroatoms. The van der Waals surface area contributed by atoms with Gasteiger partial charge in [-0.25, -0.2) is 4.39 Å². The van der Waals surface area contributed by atoms with Gasteiger partial charge in [0.1, 0.15) is 23.8 Å². The van der Waals surface area contributed by atoms with Gasteiger partial charge in [0, 0.05) is 25.2 Å². The molecule has 5 nitrogen and oxygen atoms in total. The molecule has 2 aromatic rings. The van der Waals surface area contributed by atoms with Crippen LogP contribution in [0, 0.1) is 5.82 Å². The molecule has 0 spiro atoms. The molecule has 1 fully saturated rings. The first-order valence-corrected chi connectivity index (χ1v) is 11.3. The summed E-state index contributed by atoms with van der Waals surface area (Å²) in [5, 5.41) is 0.712. The van der Waals surface area contributed by atoms with Gasteiger partial charge in [-0.3, -0.25) is 9.69 Å². The van der Waals surface area contributed by atoms with Crippen molar-refractivity contribution < 1.29 is 23.4 Å². The van der Waals surface area contributed by atoms with Crippen molar-refractivity contribution >= 4 is 29.2 Å². The first-order valence-electron chi connectivity index (χ1n) is 10.5. The Balaban J connectivity index is 1.57. The second-order valence-electron chi connectivity index (χ2n) is 8.68. The van der Waals surface area contributed by atoms with Gasteiger partial charge in [0.15, 0.2) is 0 Å². The SMILES string of the molecule is CC(C)(C)OC(=O)CCN1CCOC(c2ccc(OCc3c(F)cccc3Cl)c(Cl)c2)C1. The lowest BCUT2D eigenvalue weighted by Gasteiger charge is -2.33. The molecule has 3 rings (SSSR count). The summed E-state index contributed by atoms with van der Waals surface area (Å²) in [5.74, 6) is -0.195. The number of rotatable bonds is 7. The Morgan fingerprint density at radius 2 is 2.00 bits per heavy atom. The molecular formula is C24H28Cl2FNO4. The maximum atomic E-state index is 13.9. The molecule has 1 aliphatic rings. The Bertz CT molecular complexity index is 928. The monoisotopic (exact) mass is 483 g/mol. The van der Waals surface area contributed by atoms with E-state index in [1.807, 2.05) is 26.8 Å². The highest BCUT2D eigenvalue weighted by molar-refractivity contribution is 6.32. The number of hydrogen-bond acceptors (Lipinski definition) is 5. The summed E-state index contributed by atoms with van der Waals surface area (Å²) in [4.78, 5) is 14.2. The Labute approximate surface area is 198 Å². The van der Waals surface area contributed by atoms with Crippen molar-refractivity contribution in [1.82, 2.24) is 4.90 Å². The van der Waals surface area contributed by atoms with Crippen LogP contribution in [0.2, 0.25) is 10.0 Å². The normalized spacial score (nSPS) is 17.2. The smallest absolute Gasteiger partial charge is 0.307 e. The highest BCUT2D eigenvalue weighted by Crippen LogP contribution is 2.32. The first kappa shape index (κ1) is 24.8. The van der Waals surface area contributed by atoms with Crippen LogP contribution in [0.3, 0.4) is 0 Å². The van der Waals surface area contributed by atoms with E-state index in [0.29, 0.717) is 41.9 Å². The average Bonchev–Trinajstić information content (AvgIpc) is 2.72. The zero-order chi connectivity index (χ0) is 23.3. The number of carbonyl (C=O) groups excluding carboxylic acids is 1. The highest BCUT2D eigenvalue weighted by atomic mass is 35.5. The van der Waals surface area contributed by atoms with Crippen molar-refractivity contribution in [3.05, 3.63) is 63.4 Å². The summed E-state index contributed by atoms with van der Waals surface area (Å²) in [6, 6.07) is 9.92. The van der Waals surface area contributed by atoms with E-state index in [-0.39, 0.29) is 24.2 Å². The van der Waals surface area contributed by atoms with Crippen molar-refractivity contribution in [2.45, 2.75) is 45.5 Å². The van der Waals surface area contributed by atoms with E-state index < -0.39 is 11.4 Å². The first-order chi connectivity index (χ1) is 15.1. The summed E-state index contributed by atoms with van der Waals surface area (Å²) in [6.07, 6.45) is 0.158. The minimum absolute atomic E-state index is 0.0249. The van der Waals surface area contributed by atoms with Crippen molar-refractivity contribution in [1.29, 1.82) is 0 Å². The molecule has 0 aliphatic carbocycles. The molecule has 0 bridgehead atoms. The fraction of sp³-hybridized carbons (Fsp3) is 0.458. The van der Waals surface area contributed by atoms with Crippen LogP contribution in [0.25, 0.3) is 0 Å². The van der Waals surface area contributed by atoms with Crippen molar-refractivity contribution in [2.75, 3.05) is 26.2 Å². The fourth-order valence-electron chi connectivity index (χ4n) is 3.40. The van der Waals surface area contributed by atoms with Gasteiger partial charge in [-0.05, 0) is 50.6 Å². The van der Waals surface area contributed by atoms with Gasteiger partial charge in [0.2, 0.25) is 0 Å². The van der Waals surface area contributed by atoms with E-state index in [1.54, 1.807) is 24.3 Å². The Hall–Kier alpha value is -1.86. The van der Waals surface area contributed by atoms with Crippen LogP contribution in [-0.4, -0.2) is 42.7 Å². The van der Waals surface area contributed by atoms with Gasteiger partial charge in [0.05, 0.1) is 29.2 Å². The highest BCUT2D eigenvalue weighted by Gasteiger charge is 2.24. The van der Waals surface area contributed by atoms with Crippen molar-refractivity contribution in [2.24, 2.45) is 0 Å². The largest absolute Gasteiger partial charge is 0.487 e. The van der Waals surface area contributed by atoms with E-state index in [0.717, 1.165) is 12.1 Å². The quantitative estimate of drug-likeness (QED) is 0.464. The molecule has 2 aromatic carbocycles. The van der Waals surface area contributed by atoms with Gasteiger partial charge < -0.3 is 14.2 Å². The molecular weight excluding hydrogens is 456 g/mol. The minimum atomic E-state index is -0.483. The van der Waals surface area contributed by atoms with E-state index in [4.69, 9.17) is 37.4 Å². The van der Waals surface area contributed by atoms with Gasteiger partial charge in [-0.2, -0.15) is 0 Å². The Morgan fingerprint density at radius 1 is 1.22 bits per heavy atom. The maximum Gasteiger partial charge on any atom is 0.307 e. The molecule has 1 unspecified atom stereocenters. The number of benzene rings is 2. The third kappa shape index (κ3) is 7.07. The lowest BCUT2D eigenvalue weighted by Crippen LogP contribution is -2.40. The van der Waals surface area contributed by atoms with E-state index >= 15 is 0 Å². The molecule has 0 N–H and O–H groups in total. The lowest BCUT2D eigenvalue weighted by atomic mass is 10.1. The van der Waals surface area contributed by atoms with E-state index in [2.05, 4.69) is 4.90 Å². The summed E-state index contributed by atoms with van der Waals surface area (Å²) in [6.45, 7) is 8.10. The third-order valence-corrected chi connectivity index (χ3v) is 5.61. The molecule has 1 saturated heterocycles. The standard InChI is InChI=1S/C24H28Cl2FNO4/c1-24(2,3)32-23(29)9-10-28-11-12-30-22(14-28)16-7-8-21(19(26)13-16)31-15-17-18(25)5-4-6-20(17)27/h4-8,13,22H,9-12,14-15H2,1-3H3. The lowest BCUT2D eigenvalue weighted by molar-refractivity contribution is -0.155. The Morgan fingerprint density at radius 3 is 2.69 bits per heavy atom. The van der Waals surface area contributed by atoms with Crippen LogP contribution in [0.5, 0.6) is 5.75 Å². The van der Waals surface area contributed by atoms with E-state index in [1.165, 1.54) is 6.07 Å². The van der Waals surface area contributed by atoms with Crippen LogP contribution in [0.15, 0.2) is 36.4 Å². The second-order valence-corrected chi connectivity index (χ2v) is 9.49. The number of carbonyl (C=O) groups is 1. The van der Waals surface area contributed by atoms with Gasteiger partial charge in [0.25, 0.3) is 0 Å². The minimum Gasteiger partial charge on any atom is -0.487 e. The van der Waals surface area contributed by atoms with Crippen LogP contribution in [0.1, 0.15) is 44.4 Å². The van der Waals surface area contributed by atoms with Crippen LogP contribution in [-0.2, 0) is 20.9 Å². The predicted octanol–water partition coefficient (Wildman–Crippen LogP) is 5.82. The van der Waals surface area contributed by atoms with Gasteiger partial charge >= 0.3 is 5.97 Å². The number of ether oxygens (including phenoxy) is 3. The number of nitrogens with zero attached hydrogens (tertiary/aromatic N) is 1. The molecule has 1 aliphatic heterocycles. The molecule has 174 valence electrons. The Kier molecular flexibility index (Phi) is 8.39. The zero-order valence-electron chi connectivity index (χ0n) is 18.5. The molecule has 1 atom stereocenters. The third-order valence-electron chi connectivity index (χ3n) is 4.96. The van der Waals surface area contributed by atoms with E-state index in [9.17, 15) is 9.18 Å².